The van der Waals surface area contributed by atoms with Crippen LogP contribution in [0.5, 0.6) is 0 Å². The van der Waals surface area contributed by atoms with Crippen LogP contribution in [0.4, 0.5) is 8.78 Å². The van der Waals surface area contributed by atoms with E-state index in [2.05, 4.69) is 4.98 Å². The summed E-state index contributed by atoms with van der Waals surface area (Å²) in [7, 11) is 0. The standard InChI is InChI=1S/C11H13F2NO2/c1-3-16-9(15)6-8-7(2)4-5-14-10(8)11(12)13/h4-5,11H,3,6H2,1-2H3. The highest BCUT2D eigenvalue weighted by atomic mass is 19.3. The lowest BCUT2D eigenvalue weighted by molar-refractivity contribution is -0.142. The summed E-state index contributed by atoms with van der Waals surface area (Å²) in [5.41, 5.74) is 0.544. The van der Waals surface area contributed by atoms with Gasteiger partial charge in [-0.1, -0.05) is 0 Å². The Labute approximate surface area is 92.4 Å². The van der Waals surface area contributed by atoms with Gasteiger partial charge in [-0.05, 0) is 31.0 Å². The van der Waals surface area contributed by atoms with E-state index >= 15 is 0 Å². The van der Waals surface area contributed by atoms with Crippen molar-refractivity contribution < 1.29 is 18.3 Å². The summed E-state index contributed by atoms with van der Waals surface area (Å²) in [5.74, 6) is -0.513. The SMILES string of the molecule is CCOC(=O)Cc1c(C)ccnc1C(F)F. The molecule has 0 fully saturated rings. The summed E-state index contributed by atoms with van der Waals surface area (Å²) in [4.78, 5) is 14.8. The fourth-order valence-electron chi connectivity index (χ4n) is 1.38. The molecule has 5 heteroatoms. The number of esters is 1. The van der Waals surface area contributed by atoms with Crippen LogP contribution >= 0.6 is 0 Å². The van der Waals surface area contributed by atoms with Crippen LogP contribution in [0.2, 0.25) is 0 Å². The number of hydrogen-bond acceptors (Lipinski definition) is 3. The number of aromatic nitrogens is 1. The number of aryl methyl sites for hydroxylation is 1. The molecule has 0 aliphatic carbocycles. The van der Waals surface area contributed by atoms with Crippen LogP contribution in [0, 0.1) is 6.92 Å². The van der Waals surface area contributed by atoms with Gasteiger partial charge in [0.05, 0.1) is 13.0 Å². The molecule has 16 heavy (non-hydrogen) atoms. The molecule has 0 saturated heterocycles. The van der Waals surface area contributed by atoms with Gasteiger partial charge in [-0.3, -0.25) is 9.78 Å². The molecule has 0 N–H and O–H groups in total. The monoisotopic (exact) mass is 229 g/mol. The lowest BCUT2D eigenvalue weighted by atomic mass is 10.0. The van der Waals surface area contributed by atoms with Crippen LogP contribution in [0.3, 0.4) is 0 Å². The number of alkyl halides is 2. The van der Waals surface area contributed by atoms with Crippen molar-refractivity contribution in [3.8, 4) is 0 Å². The third-order valence-electron chi connectivity index (χ3n) is 2.16. The Morgan fingerprint density at radius 1 is 1.56 bits per heavy atom. The summed E-state index contributed by atoms with van der Waals surface area (Å²) in [5, 5.41) is 0. The number of rotatable bonds is 4. The van der Waals surface area contributed by atoms with E-state index in [-0.39, 0.29) is 24.3 Å². The quantitative estimate of drug-likeness (QED) is 0.744. The molecule has 3 nitrogen and oxygen atoms in total. The Morgan fingerprint density at radius 3 is 2.81 bits per heavy atom. The zero-order chi connectivity index (χ0) is 12.1. The maximum Gasteiger partial charge on any atom is 0.310 e. The van der Waals surface area contributed by atoms with Gasteiger partial charge < -0.3 is 4.74 Å². The Morgan fingerprint density at radius 2 is 2.25 bits per heavy atom. The number of ether oxygens (including phenoxy) is 1. The minimum atomic E-state index is -2.68. The van der Waals surface area contributed by atoms with E-state index in [9.17, 15) is 13.6 Å². The van der Waals surface area contributed by atoms with Crippen molar-refractivity contribution in [1.82, 2.24) is 4.98 Å². The highest BCUT2D eigenvalue weighted by Gasteiger charge is 2.18. The predicted octanol–water partition coefficient (Wildman–Crippen LogP) is 2.43. The molecule has 88 valence electrons. The van der Waals surface area contributed by atoms with Crippen molar-refractivity contribution in [3.63, 3.8) is 0 Å². The highest BCUT2D eigenvalue weighted by Crippen LogP contribution is 2.23. The van der Waals surface area contributed by atoms with Gasteiger partial charge in [0.2, 0.25) is 0 Å². The lowest BCUT2D eigenvalue weighted by Crippen LogP contribution is -2.11. The third-order valence-corrected chi connectivity index (χ3v) is 2.16. The number of nitrogens with zero attached hydrogens (tertiary/aromatic N) is 1. The minimum absolute atomic E-state index is 0.160. The summed E-state index contributed by atoms with van der Waals surface area (Å²) >= 11 is 0. The van der Waals surface area contributed by atoms with E-state index in [0.29, 0.717) is 5.56 Å². The fourth-order valence-corrected chi connectivity index (χ4v) is 1.38. The normalized spacial score (nSPS) is 10.6. The van der Waals surface area contributed by atoms with Gasteiger partial charge in [0.15, 0.2) is 0 Å². The second kappa shape index (κ2) is 5.53. The molecular weight excluding hydrogens is 216 g/mol. The van der Waals surface area contributed by atoms with Gasteiger partial charge in [-0.2, -0.15) is 0 Å². The molecular formula is C11H13F2NO2. The van der Waals surface area contributed by atoms with E-state index in [1.807, 2.05) is 0 Å². The maximum atomic E-state index is 12.6. The van der Waals surface area contributed by atoms with Crippen molar-refractivity contribution in [2.24, 2.45) is 0 Å². The number of pyridine rings is 1. The summed E-state index contributed by atoms with van der Waals surface area (Å²) in [6, 6.07) is 1.60. The molecule has 1 aromatic rings. The van der Waals surface area contributed by atoms with Crippen molar-refractivity contribution in [2.75, 3.05) is 6.61 Å². The predicted molar refractivity (Wildman–Crippen MR) is 54.3 cm³/mol. The first kappa shape index (κ1) is 12.5. The largest absolute Gasteiger partial charge is 0.466 e. The van der Waals surface area contributed by atoms with Gasteiger partial charge in [-0.25, -0.2) is 8.78 Å². The molecule has 1 heterocycles. The minimum Gasteiger partial charge on any atom is -0.466 e. The lowest BCUT2D eigenvalue weighted by Gasteiger charge is -2.10. The van der Waals surface area contributed by atoms with Crippen molar-refractivity contribution in [1.29, 1.82) is 0 Å². The number of hydrogen-bond donors (Lipinski definition) is 0. The van der Waals surface area contributed by atoms with Gasteiger partial charge in [0.1, 0.15) is 5.69 Å². The molecule has 1 aromatic heterocycles. The van der Waals surface area contributed by atoms with Crippen LogP contribution < -0.4 is 0 Å². The molecule has 0 radical (unpaired) electrons. The number of carbonyl (C=O) groups excluding carboxylic acids is 1. The Hall–Kier alpha value is -1.52. The molecule has 0 unspecified atom stereocenters. The molecule has 0 saturated carbocycles. The van der Waals surface area contributed by atoms with E-state index in [1.54, 1.807) is 19.9 Å². The first-order valence-electron chi connectivity index (χ1n) is 4.94. The van der Waals surface area contributed by atoms with Gasteiger partial charge in [0.25, 0.3) is 6.43 Å². The summed E-state index contributed by atoms with van der Waals surface area (Å²) in [6.45, 7) is 3.58. The van der Waals surface area contributed by atoms with E-state index in [0.717, 1.165) is 0 Å². The summed E-state index contributed by atoms with van der Waals surface area (Å²) in [6.07, 6.45) is -1.53. The van der Waals surface area contributed by atoms with E-state index < -0.39 is 12.4 Å². The number of carbonyl (C=O) groups is 1. The topological polar surface area (TPSA) is 39.2 Å². The fraction of sp³-hybridized carbons (Fsp3) is 0.455. The zero-order valence-corrected chi connectivity index (χ0v) is 9.17. The average Bonchev–Trinajstić information content (AvgIpc) is 2.21. The molecule has 0 aromatic carbocycles. The van der Waals surface area contributed by atoms with Crippen LogP contribution in [0.25, 0.3) is 0 Å². The molecule has 0 aliphatic heterocycles. The Bertz CT molecular complexity index is 380. The highest BCUT2D eigenvalue weighted by molar-refractivity contribution is 5.73. The Kier molecular flexibility index (Phi) is 4.34. The second-order valence-corrected chi connectivity index (χ2v) is 3.27. The first-order chi connectivity index (χ1) is 7.56. The van der Waals surface area contributed by atoms with Gasteiger partial charge in [-0.15, -0.1) is 0 Å². The molecule has 0 aliphatic rings. The molecule has 0 spiro atoms. The van der Waals surface area contributed by atoms with Crippen molar-refractivity contribution in [3.05, 3.63) is 29.1 Å². The number of halogens is 2. The molecule has 0 amide bonds. The smallest absolute Gasteiger partial charge is 0.310 e. The molecule has 0 atom stereocenters. The molecule has 1 rings (SSSR count). The van der Waals surface area contributed by atoms with Crippen molar-refractivity contribution in [2.45, 2.75) is 26.7 Å². The van der Waals surface area contributed by atoms with Crippen LogP contribution in [-0.2, 0) is 16.0 Å². The van der Waals surface area contributed by atoms with Crippen LogP contribution in [0.15, 0.2) is 12.3 Å². The third kappa shape index (κ3) is 2.98. The van der Waals surface area contributed by atoms with Crippen LogP contribution in [0.1, 0.15) is 30.2 Å². The molecule has 0 bridgehead atoms. The first-order valence-corrected chi connectivity index (χ1v) is 4.94. The zero-order valence-electron chi connectivity index (χ0n) is 9.17. The summed E-state index contributed by atoms with van der Waals surface area (Å²) < 4.78 is 30.0. The average molecular weight is 229 g/mol. The second-order valence-electron chi connectivity index (χ2n) is 3.27. The van der Waals surface area contributed by atoms with Gasteiger partial charge >= 0.3 is 5.97 Å². The van der Waals surface area contributed by atoms with Gasteiger partial charge in [0, 0.05) is 6.20 Å². The maximum absolute atomic E-state index is 12.6. The van der Waals surface area contributed by atoms with Crippen LogP contribution in [-0.4, -0.2) is 17.6 Å². The Balaban J connectivity index is 2.97. The van der Waals surface area contributed by atoms with E-state index in [4.69, 9.17) is 4.74 Å². The van der Waals surface area contributed by atoms with E-state index in [1.165, 1.54) is 6.20 Å². The van der Waals surface area contributed by atoms with Crippen molar-refractivity contribution >= 4 is 5.97 Å².